The number of nitrogens with two attached hydrogens (primary N) is 1. The SMILES string of the molecule is CCCN1CCN(C(c2ccc(Cl)s2)C(N)CC)CC1. The summed E-state index contributed by atoms with van der Waals surface area (Å²) in [5.41, 5.74) is 6.39. The van der Waals surface area contributed by atoms with E-state index in [2.05, 4.69) is 29.7 Å². The molecule has 20 heavy (non-hydrogen) atoms. The average Bonchev–Trinajstić information content (AvgIpc) is 2.87. The number of thiophene rings is 1. The molecule has 0 aliphatic carbocycles. The van der Waals surface area contributed by atoms with E-state index in [0.717, 1.165) is 36.9 Å². The van der Waals surface area contributed by atoms with Gasteiger partial charge in [0.15, 0.2) is 0 Å². The van der Waals surface area contributed by atoms with Crippen LogP contribution in [0.3, 0.4) is 0 Å². The van der Waals surface area contributed by atoms with Gasteiger partial charge in [0.05, 0.1) is 10.4 Å². The molecule has 1 aliphatic rings. The van der Waals surface area contributed by atoms with Gasteiger partial charge in [0, 0.05) is 37.1 Å². The maximum absolute atomic E-state index is 6.39. The van der Waals surface area contributed by atoms with Crippen molar-refractivity contribution >= 4 is 22.9 Å². The highest BCUT2D eigenvalue weighted by Crippen LogP contribution is 2.33. The first-order valence-corrected chi connectivity index (χ1v) is 8.82. The summed E-state index contributed by atoms with van der Waals surface area (Å²) in [7, 11) is 0. The third-order valence-corrected chi connectivity index (χ3v) is 5.40. The molecule has 2 rings (SSSR count). The molecular weight excluding hydrogens is 290 g/mol. The monoisotopic (exact) mass is 315 g/mol. The Hall–Kier alpha value is -0.130. The van der Waals surface area contributed by atoms with Crippen LogP contribution in [0.2, 0.25) is 4.34 Å². The lowest BCUT2D eigenvalue weighted by Crippen LogP contribution is -2.51. The van der Waals surface area contributed by atoms with Gasteiger partial charge in [-0.15, -0.1) is 11.3 Å². The van der Waals surface area contributed by atoms with E-state index in [1.807, 2.05) is 6.07 Å². The van der Waals surface area contributed by atoms with Gasteiger partial charge in [-0.3, -0.25) is 4.90 Å². The molecule has 0 spiro atoms. The normalized spacial score (nSPS) is 21.0. The molecule has 2 N–H and O–H groups in total. The van der Waals surface area contributed by atoms with E-state index in [1.165, 1.54) is 17.8 Å². The van der Waals surface area contributed by atoms with Crippen LogP contribution < -0.4 is 5.73 Å². The number of nitrogens with zero attached hydrogens (tertiary/aromatic N) is 2. The molecule has 1 fully saturated rings. The first-order valence-electron chi connectivity index (χ1n) is 7.63. The molecular formula is C15H26ClN3S. The fraction of sp³-hybridized carbons (Fsp3) is 0.733. The van der Waals surface area contributed by atoms with Crippen LogP contribution in [0.5, 0.6) is 0 Å². The second-order valence-corrected chi connectivity index (χ2v) is 7.28. The molecule has 1 aliphatic heterocycles. The van der Waals surface area contributed by atoms with Crippen molar-refractivity contribution in [1.82, 2.24) is 9.80 Å². The average molecular weight is 316 g/mol. The number of hydrogen-bond donors (Lipinski definition) is 1. The van der Waals surface area contributed by atoms with Crippen molar-refractivity contribution in [1.29, 1.82) is 0 Å². The maximum atomic E-state index is 6.39. The molecule has 0 amide bonds. The second kappa shape index (κ2) is 7.76. The van der Waals surface area contributed by atoms with Gasteiger partial charge >= 0.3 is 0 Å². The van der Waals surface area contributed by atoms with E-state index in [1.54, 1.807) is 11.3 Å². The van der Waals surface area contributed by atoms with Crippen LogP contribution in [0.4, 0.5) is 0 Å². The van der Waals surface area contributed by atoms with Crippen LogP contribution in [0.1, 0.15) is 37.6 Å². The molecule has 3 nitrogen and oxygen atoms in total. The largest absolute Gasteiger partial charge is 0.326 e. The Morgan fingerprint density at radius 2 is 1.95 bits per heavy atom. The molecule has 1 saturated heterocycles. The number of halogens is 1. The fourth-order valence-electron chi connectivity index (χ4n) is 2.95. The van der Waals surface area contributed by atoms with E-state index in [0.29, 0.717) is 6.04 Å². The summed E-state index contributed by atoms with van der Waals surface area (Å²) in [5, 5.41) is 0. The van der Waals surface area contributed by atoms with Crippen molar-refractivity contribution < 1.29 is 0 Å². The fourth-order valence-corrected chi connectivity index (χ4v) is 4.23. The van der Waals surface area contributed by atoms with E-state index in [9.17, 15) is 0 Å². The zero-order valence-electron chi connectivity index (χ0n) is 12.5. The highest BCUT2D eigenvalue weighted by atomic mass is 35.5. The number of rotatable bonds is 6. The summed E-state index contributed by atoms with van der Waals surface area (Å²) in [4.78, 5) is 6.41. The molecule has 0 radical (unpaired) electrons. The Bertz CT molecular complexity index is 402. The highest BCUT2D eigenvalue weighted by molar-refractivity contribution is 7.16. The van der Waals surface area contributed by atoms with Crippen LogP contribution in [-0.2, 0) is 0 Å². The zero-order valence-corrected chi connectivity index (χ0v) is 14.1. The lowest BCUT2D eigenvalue weighted by atomic mass is 10.0. The van der Waals surface area contributed by atoms with Gasteiger partial charge in [-0.1, -0.05) is 25.4 Å². The lowest BCUT2D eigenvalue weighted by Gasteiger charge is -2.41. The Morgan fingerprint density at radius 1 is 1.25 bits per heavy atom. The molecule has 0 bridgehead atoms. The minimum absolute atomic E-state index is 0.183. The molecule has 0 saturated carbocycles. The predicted molar refractivity (Wildman–Crippen MR) is 88.6 cm³/mol. The lowest BCUT2D eigenvalue weighted by molar-refractivity contribution is 0.0851. The van der Waals surface area contributed by atoms with Crippen molar-refractivity contribution in [3.05, 3.63) is 21.3 Å². The van der Waals surface area contributed by atoms with Gasteiger partial charge in [0.1, 0.15) is 0 Å². The van der Waals surface area contributed by atoms with Crippen molar-refractivity contribution in [2.24, 2.45) is 5.73 Å². The van der Waals surface area contributed by atoms with E-state index in [4.69, 9.17) is 17.3 Å². The Balaban J connectivity index is 2.05. The smallest absolute Gasteiger partial charge is 0.0931 e. The Labute approximate surface area is 131 Å². The van der Waals surface area contributed by atoms with Crippen LogP contribution in [0, 0.1) is 0 Å². The standard InChI is InChI=1S/C15H26ClN3S/c1-3-7-18-8-10-19(11-9-18)15(12(17)4-2)13-5-6-14(16)20-13/h5-6,12,15H,3-4,7-11,17H2,1-2H3. The maximum Gasteiger partial charge on any atom is 0.0931 e. The first kappa shape index (κ1) is 16.2. The summed E-state index contributed by atoms with van der Waals surface area (Å²) < 4.78 is 0.859. The third kappa shape index (κ3) is 3.95. The topological polar surface area (TPSA) is 32.5 Å². The van der Waals surface area contributed by atoms with Crippen LogP contribution in [0.25, 0.3) is 0 Å². The molecule has 2 heterocycles. The minimum Gasteiger partial charge on any atom is -0.326 e. The van der Waals surface area contributed by atoms with Gasteiger partial charge in [-0.2, -0.15) is 0 Å². The molecule has 2 atom stereocenters. The van der Waals surface area contributed by atoms with Gasteiger partial charge in [-0.25, -0.2) is 0 Å². The van der Waals surface area contributed by atoms with Gasteiger partial charge in [0.25, 0.3) is 0 Å². The molecule has 0 aromatic carbocycles. The molecule has 114 valence electrons. The summed E-state index contributed by atoms with van der Waals surface area (Å²) in [5.74, 6) is 0. The van der Waals surface area contributed by atoms with E-state index in [-0.39, 0.29) is 6.04 Å². The molecule has 5 heteroatoms. The predicted octanol–water partition coefficient (Wildman–Crippen LogP) is 3.21. The summed E-state index contributed by atoms with van der Waals surface area (Å²) in [6.45, 7) is 10.1. The first-order chi connectivity index (χ1) is 9.65. The third-order valence-electron chi connectivity index (χ3n) is 4.10. The van der Waals surface area contributed by atoms with Crippen molar-refractivity contribution in [2.75, 3.05) is 32.7 Å². The summed E-state index contributed by atoms with van der Waals surface area (Å²) in [6, 6.07) is 4.64. The van der Waals surface area contributed by atoms with E-state index >= 15 is 0 Å². The zero-order chi connectivity index (χ0) is 14.5. The summed E-state index contributed by atoms with van der Waals surface area (Å²) in [6.07, 6.45) is 2.23. The number of hydrogen-bond acceptors (Lipinski definition) is 4. The van der Waals surface area contributed by atoms with Gasteiger partial charge < -0.3 is 10.6 Å². The van der Waals surface area contributed by atoms with Crippen molar-refractivity contribution in [2.45, 2.75) is 38.8 Å². The number of piperazine rings is 1. The molecule has 1 aromatic rings. The Kier molecular flexibility index (Phi) is 6.30. The molecule has 2 unspecified atom stereocenters. The molecule has 1 aromatic heterocycles. The second-order valence-electron chi connectivity index (χ2n) is 5.54. The van der Waals surface area contributed by atoms with Crippen molar-refractivity contribution in [3.63, 3.8) is 0 Å². The Morgan fingerprint density at radius 3 is 2.45 bits per heavy atom. The van der Waals surface area contributed by atoms with Gasteiger partial charge in [-0.05, 0) is 31.5 Å². The van der Waals surface area contributed by atoms with Crippen molar-refractivity contribution in [3.8, 4) is 0 Å². The van der Waals surface area contributed by atoms with Crippen LogP contribution in [-0.4, -0.2) is 48.6 Å². The van der Waals surface area contributed by atoms with E-state index < -0.39 is 0 Å². The minimum atomic E-state index is 0.183. The van der Waals surface area contributed by atoms with Crippen LogP contribution >= 0.6 is 22.9 Å². The highest BCUT2D eigenvalue weighted by Gasteiger charge is 2.29. The quantitative estimate of drug-likeness (QED) is 0.875. The van der Waals surface area contributed by atoms with Crippen LogP contribution in [0.15, 0.2) is 12.1 Å². The summed E-state index contributed by atoms with van der Waals surface area (Å²) >= 11 is 7.78. The van der Waals surface area contributed by atoms with Gasteiger partial charge in [0.2, 0.25) is 0 Å².